The van der Waals surface area contributed by atoms with E-state index in [2.05, 4.69) is 10.6 Å². The first-order chi connectivity index (χ1) is 7.42. The summed E-state index contributed by atoms with van der Waals surface area (Å²) in [6.07, 6.45) is 9.02. The van der Waals surface area contributed by atoms with Gasteiger partial charge >= 0.3 is 0 Å². The van der Waals surface area contributed by atoms with Crippen molar-refractivity contribution in [1.29, 1.82) is 0 Å². The van der Waals surface area contributed by atoms with E-state index in [-0.39, 0.29) is 0 Å². The SMILES string of the molecule is C1CCC(CNC2CC3CCC2O3)NC1. The number of hydrogen-bond acceptors (Lipinski definition) is 3. The zero-order valence-electron chi connectivity index (χ0n) is 9.37. The normalized spacial score (nSPS) is 44.8. The lowest BCUT2D eigenvalue weighted by atomic mass is 9.95. The van der Waals surface area contributed by atoms with Crippen LogP contribution in [0.3, 0.4) is 0 Å². The molecule has 3 rings (SSSR count). The third-order valence-corrected chi connectivity index (χ3v) is 4.14. The molecule has 4 atom stereocenters. The van der Waals surface area contributed by atoms with E-state index in [9.17, 15) is 0 Å². The summed E-state index contributed by atoms with van der Waals surface area (Å²) in [5.74, 6) is 0. The molecule has 3 fully saturated rings. The van der Waals surface area contributed by atoms with E-state index in [0.29, 0.717) is 24.3 Å². The molecule has 0 aromatic rings. The minimum absolute atomic E-state index is 0.526. The van der Waals surface area contributed by atoms with Gasteiger partial charge in [-0.15, -0.1) is 0 Å². The Morgan fingerprint density at radius 3 is 2.87 bits per heavy atom. The van der Waals surface area contributed by atoms with E-state index in [1.165, 1.54) is 45.1 Å². The van der Waals surface area contributed by atoms with E-state index in [4.69, 9.17) is 4.74 Å². The van der Waals surface area contributed by atoms with Gasteiger partial charge in [-0.3, -0.25) is 0 Å². The van der Waals surface area contributed by atoms with Crippen molar-refractivity contribution >= 4 is 0 Å². The molecule has 0 aliphatic carbocycles. The maximum Gasteiger partial charge on any atom is 0.0733 e. The van der Waals surface area contributed by atoms with Crippen LogP contribution in [0.1, 0.15) is 38.5 Å². The number of hydrogen-bond donors (Lipinski definition) is 2. The van der Waals surface area contributed by atoms with Crippen LogP contribution >= 0.6 is 0 Å². The van der Waals surface area contributed by atoms with Gasteiger partial charge in [0, 0.05) is 18.6 Å². The Morgan fingerprint density at radius 2 is 2.20 bits per heavy atom. The van der Waals surface area contributed by atoms with Crippen molar-refractivity contribution in [3.63, 3.8) is 0 Å². The minimum atomic E-state index is 0.526. The molecule has 0 aromatic heterocycles. The number of rotatable bonds is 3. The van der Waals surface area contributed by atoms with Crippen molar-refractivity contribution in [2.24, 2.45) is 0 Å². The third kappa shape index (κ3) is 2.19. The molecular weight excluding hydrogens is 188 g/mol. The topological polar surface area (TPSA) is 33.3 Å². The lowest BCUT2D eigenvalue weighted by Crippen LogP contribution is -2.47. The Balaban J connectivity index is 1.42. The Morgan fingerprint density at radius 1 is 1.20 bits per heavy atom. The van der Waals surface area contributed by atoms with Crippen LogP contribution in [0.5, 0.6) is 0 Å². The number of fused-ring (bicyclic) bond motifs is 2. The second-order valence-corrected chi connectivity index (χ2v) is 5.27. The quantitative estimate of drug-likeness (QED) is 0.730. The van der Waals surface area contributed by atoms with Crippen molar-refractivity contribution in [3.05, 3.63) is 0 Å². The first-order valence-corrected chi connectivity index (χ1v) is 6.54. The highest BCUT2D eigenvalue weighted by Crippen LogP contribution is 2.34. The Hall–Kier alpha value is -0.120. The van der Waals surface area contributed by atoms with Crippen LogP contribution in [0.15, 0.2) is 0 Å². The van der Waals surface area contributed by atoms with Gasteiger partial charge in [0.1, 0.15) is 0 Å². The van der Waals surface area contributed by atoms with E-state index >= 15 is 0 Å². The molecule has 3 nitrogen and oxygen atoms in total. The predicted molar refractivity (Wildman–Crippen MR) is 59.9 cm³/mol. The van der Waals surface area contributed by atoms with Crippen LogP contribution in [0.2, 0.25) is 0 Å². The van der Waals surface area contributed by atoms with Crippen LogP contribution in [-0.2, 0) is 4.74 Å². The van der Waals surface area contributed by atoms with Gasteiger partial charge in [-0.1, -0.05) is 6.42 Å². The molecule has 3 aliphatic rings. The van der Waals surface area contributed by atoms with Gasteiger partial charge in [0.05, 0.1) is 12.2 Å². The lowest BCUT2D eigenvalue weighted by molar-refractivity contribution is 0.0970. The van der Waals surface area contributed by atoms with Crippen molar-refractivity contribution in [2.75, 3.05) is 13.1 Å². The van der Waals surface area contributed by atoms with E-state index in [1.54, 1.807) is 0 Å². The second kappa shape index (κ2) is 4.40. The Kier molecular flexibility index (Phi) is 2.95. The third-order valence-electron chi connectivity index (χ3n) is 4.14. The Labute approximate surface area is 91.9 Å². The number of nitrogens with one attached hydrogen (secondary N) is 2. The summed E-state index contributed by atoms with van der Waals surface area (Å²) in [4.78, 5) is 0. The molecule has 0 amide bonds. The van der Waals surface area contributed by atoms with Crippen LogP contribution in [-0.4, -0.2) is 37.4 Å². The monoisotopic (exact) mass is 210 g/mol. The average Bonchev–Trinajstić information content (AvgIpc) is 2.89. The fraction of sp³-hybridized carbons (Fsp3) is 1.00. The molecule has 15 heavy (non-hydrogen) atoms. The van der Waals surface area contributed by atoms with Crippen molar-refractivity contribution in [2.45, 2.75) is 62.8 Å². The highest BCUT2D eigenvalue weighted by molar-refractivity contribution is 4.94. The van der Waals surface area contributed by atoms with Gasteiger partial charge in [0.15, 0.2) is 0 Å². The van der Waals surface area contributed by atoms with Crippen LogP contribution in [0, 0.1) is 0 Å². The van der Waals surface area contributed by atoms with Gasteiger partial charge in [-0.05, 0) is 38.6 Å². The van der Waals surface area contributed by atoms with Gasteiger partial charge < -0.3 is 15.4 Å². The van der Waals surface area contributed by atoms with E-state index < -0.39 is 0 Å². The maximum absolute atomic E-state index is 5.84. The maximum atomic E-state index is 5.84. The fourth-order valence-corrected chi connectivity index (χ4v) is 3.24. The second-order valence-electron chi connectivity index (χ2n) is 5.27. The molecule has 86 valence electrons. The molecule has 2 bridgehead atoms. The average molecular weight is 210 g/mol. The van der Waals surface area contributed by atoms with Gasteiger partial charge in [-0.25, -0.2) is 0 Å². The molecule has 0 aromatic carbocycles. The molecule has 2 N–H and O–H groups in total. The summed E-state index contributed by atoms with van der Waals surface area (Å²) in [6.45, 7) is 2.34. The lowest BCUT2D eigenvalue weighted by Gasteiger charge is -2.27. The zero-order chi connectivity index (χ0) is 10.1. The summed E-state index contributed by atoms with van der Waals surface area (Å²) in [7, 11) is 0. The molecule has 0 spiro atoms. The van der Waals surface area contributed by atoms with Gasteiger partial charge in [0.2, 0.25) is 0 Å². The summed E-state index contributed by atoms with van der Waals surface area (Å²) in [5, 5.41) is 7.28. The summed E-state index contributed by atoms with van der Waals surface area (Å²) >= 11 is 0. The molecule has 3 heteroatoms. The zero-order valence-corrected chi connectivity index (χ0v) is 9.37. The van der Waals surface area contributed by atoms with E-state index in [1.807, 2.05) is 0 Å². The number of ether oxygens (including phenoxy) is 1. The smallest absolute Gasteiger partial charge is 0.0733 e. The molecule has 0 radical (unpaired) electrons. The summed E-state index contributed by atoms with van der Waals surface area (Å²) in [5.41, 5.74) is 0. The molecule has 0 saturated carbocycles. The first kappa shape index (κ1) is 10.1. The van der Waals surface area contributed by atoms with Crippen LogP contribution in [0.25, 0.3) is 0 Å². The van der Waals surface area contributed by atoms with E-state index in [0.717, 1.165) is 6.54 Å². The largest absolute Gasteiger partial charge is 0.373 e. The van der Waals surface area contributed by atoms with Gasteiger partial charge in [-0.2, -0.15) is 0 Å². The van der Waals surface area contributed by atoms with Crippen LogP contribution in [0.4, 0.5) is 0 Å². The fourth-order valence-electron chi connectivity index (χ4n) is 3.24. The molecule has 3 heterocycles. The first-order valence-electron chi connectivity index (χ1n) is 6.54. The summed E-state index contributed by atoms with van der Waals surface area (Å²) in [6, 6.07) is 1.35. The summed E-state index contributed by atoms with van der Waals surface area (Å²) < 4.78 is 5.84. The molecule has 3 saturated heterocycles. The molecular formula is C12H22N2O. The van der Waals surface area contributed by atoms with Crippen LogP contribution < -0.4 is 10.6 Å². The Bertz CT molecular complexity index is 216. The van der Waals surface area contributed by atoms with Crippen molar-refractivity contribution < 1.29 is 4.74 Å². The minimum Gasteiger partial charge on any atom is -0.373 e. The van der Waals surface area contributed by atoms with Crippen molar-refractivity contribution in [1.82, 2.24) is 10.6 Å². The standard InChI is InChI=1S/C12H22N2O/c1-2-6-13-9(3-1)8-14-11-7-10-4-5-12(11)15-10/h9-14H,1-8H2. The highest BCUT2D eigenvalue weighted by Gasteiger charge is 2.40. The molecule has 4 unspecified atom stereocenters. The molecule has 3 aliphatic heterocycles. The van der Waals surface area contributed by atoms with Crippen molar-refractivity contribution in [3.8, 4) is 0 Å². The predicted octanol–water partition coefficient (Wildman–Crippen LogP) is 1.04. The number of piperidine rings is 1. The highest BCUT2D eigenvalue weighted by atomic mass is 16.5. The van der Waals surface area contributed by atoms with Gasteiger partial charge in [0.25, 0.3) is 0 Å².